The molecule has 2 amide bonds. The molecule has 0 radical (unpaired) electrons. The number of fused-ring (bicyclic) bond motifs is 1. The molecule has 108 valence electrons. The Hall–Kier alpha value is -2.43. The molecule has 2 heterocycles. The van der Waals surface area contributed by atoms with Crippen molar-refractivity contribution in [3.8, 4) is 0 Å². The van der Waals surface area contributed by atoms with Gasteiger partial charge in [-0.05, 0) is 24.3 Å². The molecule has 2 N–H and O–H groups in total. The highest BCUT2D eigenvalue weighted by molar-refractivity contribution is 6.03. The fourth-order valence-corrected chi connectivity index (χ4v) is 2.59. The number of pyridine rings is 1. The number of rotatable bonds is 2. The Morgan fingerprint density at radius 3 is 3.00 bits per heavy atom. The van der Waals surface area contributed by atoms with Crippen LogP contribution in [0.5, 0.6) is 0 Å². The Labute approximate surface area is 122 Å². The molecule has 1 atom stereocenters. The normalized spacial score (nSPS) is 18.9. The van der Waals surface area contributed by atoms with Crippen molar-refractivity contribution in [1.82, 2.24) is 10.3 Å². The number of benzene rings is 1. The van der Waals surface area contributed by atoms with Crippen molar-refractivity contribution >= 4 is 28.4 Å². The molecule has 1 fully saturated rings. The first-order valence-electron chi connectivity index (χ1n) is 7.18. The van der Waals surface area contributed by atoms with E-state index in [4.69, 9.17) is 0 Å². The summed E-state index contributed by atoms with van der Waals surface area (Å²) >= 11 is 0. The maximum absolute atomic E-state index is 12.3. The van der Waals surface area contributed by atoms with E-state index in [2.05, 4.69) is 15.6 Å². The van der Waals surface area contributed by atoms with E-state index < -0.39 is 6.04 Å². The molecule has 0 aliphatic carbocycles. The fourth-order valence-electron chi connectivity index (χ4n) is 2.59. The molecule has 1 aromatic heterocycles. The summed E-state index contributed by atoms with van der Waals surface area (Å²) in [6, 6.07) is 9.18. The average Bonchev–Trinajstić information content (AvgIpc) is 2.72. The van der Waals surface area contributed by atoms with Gasteiger partial charge in [-0.3, -0.25) is 9.59 Å². The van der Waals surface area contributed by atoms with Crippen molar-refractivity contribution in [3.05, 3.63) is 36.5 Å². The maximum atomic E-state index is 12.3. The van der Waals surface area contributed by atoms with Crippen LogP contribution in [-0.2, 0) is 9.59 Å². The molecule has 1 aliphatic heterocycles. The number of nitrogens with zero attached hydrogens (tertiary/aromatic N) is 1. The second-order valence-electron chi connectivity index (χ2n) is 5.24. The molecule has 0 spiro atoms. The van der Waals surface area contributed by atoms with E-state index in [1.54, 1.807) is 6.20 Å². The van der Waals surface area contributed by atoms with E-state index in [9.17, 15) is 9.59 Å². The van der Waals surface area contributed by atoms with Crippen molar-refractivity contribution in [2.45, 2.75) is 31.7 Å². The van der Waals surface area contributed by atoms with Gasteiger partial charge in [0.05, 0.1) is 0 Å². The van der Waals surface area contributed by atoms with Crippen LogP contribution in [0.3, 0.4) is 0 Å². The van der Waals surface area contributed by atoms with E-state index in [-0.39, 0.29) is 11.8 Å². The van der Waals surface area contributed by atoms with Gasteiger partial charge in [0.1, 0.15) is 11.9 Å². The third kappa shape index (κ3) is 3.02. The number of aromatic nitrogens is 1. The molecule has 0 unspecified atom stereocenters. The molecule has 0 bridgehead atoms. The van der Waals surface area contributed by atoms with Crippen LogP contribution >= 0.6 is 0 Å². The lowest BCUT2D eigenvalue weighted by molar-refractivity contribution is -0.126. The fraction of sp³-hybridized carbons (Fsp3) is 0.312. The van der Waals surface area contributed by atoms with Gasteiger partial charge in [0.15, 0.2) is 0 Å². The van der Waals surface area contributed by atoms with Gasteiger partial charge in [-0.1, -0.05) is 30.7 Å². The summed E-state index contributed by atoms with van der Waals surface area (Å²) in [4.78, 5) is 28.1. The zero-order chi connectivity index (χ0) is 14.7. The van der Waals surface area contributed by atoms with E-state index in [0.717, 1.165) is 23.6 Å². The van der Waals surface area contributed by atoms with Crippen LogP contribution in [0.1, 0.15) is 25.7 Å². The van der Waals surface area contributed by atoms with Crippen molar-refractivity contribution < 1.29 is 9.59 Å². The van der Waals surface area contributed by atoms with Gasteiger partial charge < -0.3 is 10.6 Å². The summed E-state index contributed by atoms with van der Waals surface area (Å²) in [5, 5.41) is 7.52. The first-order chi connectivity index (χ1) is 10.2. The smallest absolute Gasteiger partial charge is 0.248 e. The molecule has 1 aliphatic rings. The predicted molar refractivity (Wildman–Crippen MR) is 80.8 cm³/mol. The molecule has 2 aromatic rings. The van der Waals surface area contributed by atoms with Crippen molar-refractivity contribution in [2.75, 3.05) is 5.32 Å². The summed E-state index contributed by atoms with van der Waals surface area (Å²) < 4.78 is 0. The monoisotopic (exact) mass is 283 g/mol. The lowest BCUT2D eigenvalue weighted by Gasteiger charge is -2.16. The number of carbonyl (C=O) groups is 2. The average molecular weight is 283 g/mol. The SMILES string of the molecule is O=C1CCCC[C@@H](C(=O)Nc2nccc3ccccc23)N1. The molecular formula is C16H17N3O2. The molecular weight excluding hydrogens is 266 g/mol. The molecule has 3 rings (SSSR count). The summed E-state index contributed by atoms with van der Waals surface area (Å²) in [7, 11) is 0. The minimum absolute atomic E-state index is 0.0569. The number of amides is 2. The van der Waals surface area contributed by atoms with Crippen LogP contribution in [0.4, 0.5) is 5.82 Å². The van der Waals surface area contributed by atoms with E-state index in [0.29, 0.717) is 18.7 Å². The lowest BCUT2D eigenvalue weighted by Crippen LogP contribution is -2.42. The minimum atomic E-state index is -0.472. The highest BCUT2D eigenvalue weighted by atomic mass is 16.2. The second kappa shape index (κ2) is 5.91. The zero-order valence-corrected chi connectivity index (χ0v) is 11.6. The summed E-state index contributed by atoms with van der Waals surface area (Å²) in [5.41, 5.74) is 0. The van der Waals surface area contributed by atoms with E-state index in [1.165, 1.54) is 0 Å². The molecule has 1 aromatic carbocycles. The Bertz CT molecular complexity index is 679. The highest BCUT2D eigenvalue weighted by Gasteiger charge is 2.23. The van der Waals surface area contributed by atoms with E-state index >= 15 is 0 Å². The number of carbonyl (C=O) groups excluding carboxylic acids is 2. The van der Waals surface area contributed by atoms with E-state index in [1.807, 2.05) is 30.3 Å². The topological polar surface area (TPSA) is 71.1 Å². The number of hydrogen-bond donors (Lipinski definition) is 2. The van der Waals surface area contributed by atoms with Crippen LogP contribution in [0.25, 0.3) is 10.8 Å². The van der Waals surface area contributed by atoms with Crippen LogP contribution < -0.4 is 10.6 Å². The Kier molecular flexibility index (Phi) is 3.81. The summed E-state index contributed by atoms with van der Waals surface area (Å²) in [6.07, 6.45) is 4.55. The molecule has 5 nitrogen and oxygen atoms in total. The lowest BCUT2D eigenvalue weighted by atomic mass is 10.1. The van der Waals surface area contributed by atoms with Crippen molar-refractivity contribution in [3.63, 3.8) is 0 Å². The van der Waals surface area contributed by atoms with Gasteiger partial charge in [-0.2, -0.15) is 0 Å². The Balaban J connectivity index is 1.81. The van der Waals surface area contributed by atoms with Crippen molar-refractivity contribution in [2.24, 2.45) is 0 Å². The van der Waals surface area contributed by atoms with Gasteiger partial charge >= 0.3 is 0 Å². The number of anilines is 1. The van der Waals surface area contributed by atoms with Gasteiger partial charge in [0.25, 0.3) is 0 Å². The predicted octanol–water partition coefficient (Wildman–Crippen LogP) is 2.23. The first kappa shape index (κ1) is 13.5. The minimum Gasteiger partial charge on any atom is -0.344 e. The maximum Gasteiger partial charge on any atom is 0.248 e. The quantitative estimate of drug-likeness (QED) is 0.888. The molecule has 5 heteroatoms. The molecule has 1 saturated heterocycles. The van der Waals surface area contributed by atoms with Crippen LogP contribution in [0.15, 0.2) is 36.5 Å². The van der Waals surface area contributed by atoms with Crippen LogP contribution in [0.2, 0.25) is 0 Å². The van der Waals surface area contributed by atoms with Gasteiger partial charge in [0, 0.05) is 18.0 Å². The summed E-state index contributed by atoms with van der Waals surface area (Å²) in [6.45, 7) is 0. The molecule has 0 saturated carbocycles. The Morgan fingerprint density at radius 2 is 2.10 bits per heavy atom. The third-order valence-electron chi connectivity index (χ3n) is 3.71. The van der Waals surface area contributed by atoms with Gasteiger partial charge in [0.2, 0.25) is 11.8 Å². The third-order valence-corrected chi connectivity index (χ3v) is 3.71. The Morgan fingerprint density at radius 1 is 1.24 bits per heavy atom. The zero-order valence-electron chi connectivity index (χ0n) is 11.6. The van der Waals surface area contributed by atoms with Crippen LogP contribution in [-0.4, -0.2) is 22.8 Å². The van der Waals surface area contributed by atoms with Gasteiger partial charge in [-0.25, -0.2) is 4.98 Å². The largest absolute Gasteiger partial charge is 0.344 e. The van der Waals surface area contributed by atoms with Crippen LogP contribution in [0, 0.1) is 0 Å². The standard InChI is InChI=1S/C16H17N3O2/c20-14-8-4-3-7-13(18-14)16(21)19-15-12-6-2-1-5-11(12)9-10-17-15/h1-2,5-6,9-10,13H,3-4,7-8H2,(H,18,20)(H,17,19,21)/t13-/m0/s1. The second-order valence-corrected chi connectivity index (χ2v) is 5.24. The summed E-state index contributed by atoms with van der Waals surface area (Å²) in [5.74, 6) is 0.282. The highest BCUT2D eigenvalue weighted by Crippen LogP contribution is 2.21. The molecule has 21 heavy (non-hydrogen) atoms. The first-order valence-corrected chi connectivity index (χ1v) is 7.18. The number of hydrogen-bond acceptors (Lipinski definition) is 3. The number of nitrogens with one attached hydrogen (secondary N) is 2. The van der Waals surface area contributed by atoms with Crippen molar-refractivity contribution in [1.29, 1.82) is 0 Å². The van der Waals surface area contributed by atoms with Gasteiger partial charge in [-0.15, -0.1) is 0 Å².